The molecule has 0 saturated heterocycles. The number of rotatable bonds is 2. The van der Waals surface area contributed by atoms with Gasteiger partial charge < -0.3 is 0 Å². The SMILES string of the molecule is O=C1C[NH+]=C(Nc2ccccc2F)N1C1CCCC1. The van der Waals surface area contributed by atoms with Crippen molar-refractivity contribution in [1.29, 1.82) is 0 Å². The number of hydrogen-bond donors (Lipinski definition) is 2. The number of halogens is 1. The summed E-state index contributed by atoms with van der Waals surface area (Å²) in [6, 6.07) is 6.73. The van der Waals surface area contributed by atoms with Gasteiger partial charge in [-0.1, -0.05) is 12.1 Å². The van der Waals surface area contributed by atoms with Crippen molar-refractivity contribution in [2.45, 2.75) is 31.7 Å². The quantitative estimate of drug-likeness (QED) is 0.813. The Morgan fingerprint density at radius 1 is 1.26 bits per heavy atom. The lowest BCUT2D eigenvalue weighted by Crippen LogP contribution is -2.73. The van der Waals surface area contributed by atoms with E-state index in [-0.39, 0.29) is 24.3 Å². The zero-order valence-electron chi connectivity index (χ0n) is 10.7. The van der Waals surface area contributed by atoms with Crippen LogP contribution < -0.4 is 10.3 Å². The normalized spacial score (nSPS) is 19.9. The molecule has 1 saturated carbocycles. The Morgan fingerprint density at radius 3 is 2.74 bits per heavy atom. The van der Waals surface area contributed by atoms with Crippen molar-refractivity contribution in [2.24, 2.45) is 0 Å². The van der Waals surface area contributed by atoms with Gasteiger partial charge >= 0.3 is 11.9 Å². The minimum atomic E-state index is -0.317. The highest BCUT2D eigenvalue weighted by atomic mass is 19.1. The summed E-state index contributed by atoms with van der Waals surface area (Å²) < 4.78 is 13.6. The van der Waals surface area contributed by atoms with Gasteiger partial charge in [-0.25, -0.2) is 9.71 Å². The molecule has 0 aromatic heterocycles. The molecular formula is C14H17FN3O+. The van der Waals surface area contributed by atoms with Crippen LogP contribution in [0.5, 0.6) is 0 Å². The second-order valence-corrected chi connectivity index (χ2v) is 5.01. The van der Waals surface area contributed by atoms with Gasteiger partial charge in [0.2, 0.25) is 0 Å². The number of nitrogens with zero attached hydrogens (tertiary/aromatic N) is 1. The van der Waals surface area contributed by atoms with E-state index >= 15 is 0 Å². The number of amides is 1. The molecule has 3 rings (SSSR count). The standard InChI is InChI=1S/C14H16FN3O/c15-11-7-3-4-8-12(11)17-14-16-9-13(19)18(14)10-5-1-2-6-10/h3-4,7-8,10H,1-2,5-6,9H2,(H,16,17)/p+1. The van der Waals surface area contributed by atoms with Crippen LogP contribution >= 0.6 is 0 Å². The average molecular weight is 262 g/mol. The van der Waals surface area contributed by atoms with Crippen LogP contribution in [0.15, 0.2) is 24.3 Å². The molecule has 5 heteroatoms. The summed E-state index contributed by atoms with van der Waals surface area (Å²) in [4.78, 5) is 16.7. The van der Waals surface area contributed by atoms with Crippen molar-refractivity contribution in [3.8, 4) is 0 Å². The molecular weight excluding hydrogens is 245 g/mol. The number of nitrogens with one attached hydrogen (secondary N) is 2. The fourth-order valence-electron chi connectivity index (χ4n) is 2.80. The van der Waals surface area contributed by atoms with Crippen LogP contribution in [0.2, 0.25) is 0 Å². The summed E-state index contributed by atoms with van der Waals surface area (Å²) in [5.74, 6) is 0.357. The van der Waals surface area contributed by atoms with Crippen LogP contribution in [0.1, 0.15) is 25.7 Å². The van der Waals surface area contributed by atoms with Crippen molar-refractivity contribution in [3.05, 3.63) is 30.1 Å². The van der Waals surface area contributed by atoms with E-state index in [1.54, 1.807) is 23.1 Å². The van der Waals surface area contributed by atoms with Crippen molar-refractivity contribution in [1.82, 2.24) is 4.90 Å². The zero-order valence-corrected chi connectivity index (χ0v) is 10.7. The average Bonchev–Trinajstić information content (AvgIpc) is 3.02. The van der Waals surface area contributed by atoms with Gasteiger partial charge in [-0.2, -0.15) is 4.90 Å². The van der Waals surface area contributed by atoms with E-state index in [1.165, 1.54) is 6.07 Å². The van der Waals surface area contributed by atoms with Crippen LogP contribution in [-0.2, 0) is 4.79 Å². The zero-order chi connectivity index (χ0) is 13.2. The summed E-state index contributed by atoms with van der Waals surface area (Å²) in [7, 11) is 0. The molecule has 4 nitrogen and oxygen atoms in total. The molecule has 0 spiro atoms. The van der Waals surface area contributed by atoms with Crippen molar-refractivity contribution in [2.75, 3.05) is 11.9 Å². The fraction of sp³-hybridized carbons (Fsp3) is 0.429. The fourth-order valence-corrected chi connectivity index (χ4v) is 2.80. The van der Waals surface area contributed by atoms with E-state index in [0.717, 1.165) is 25.7 Å². The molecule has 1 fully saturated rings. The van der Waals surface area contributed by atoms with Gasteiger partial charge in [0.1, 0.15) is 5.69 Å². The van der Waals surface area contributed by atoms with Gasteiger partial charge in [0, 0.05) is 0 Å². The van der Waals surface area contributed by atoms with Gasteiger partial charge in [-0.3, -0.25) is 9.79 Å². The maximum absolute atomic E-state index is 13.6. The lowest BCUT2D eigenvalue weighted by atomic mass is 10.2. The molecule has 1 aliphatic carbocycles. The van der Waals surface area contributed by atoms with Crippen LogP contribution in [0.3, 0.4) is 0 Å². The monoisotopic (exact) mass is 262 g/mol. The second kappa shape index (κ2) is 4.99. The third-order valence-corrected chi connectivity index (χ3v) is 3.73. The lowest BCUT2D eigenvalue weighted by Gasteiger charge is -2.18. The van der Waals surface area contributed by atoms with E-state index in [0.29, 0.717) is 11.6 Å². The van der Waals surface area contributed by atoms with Crippen LogP contribution in [0, 0.1) is 5.82 Å². The molecule has 2 aliphatic rings. The molecule has 1 amide bonds. The highest BCUT2D eigenvalue weighted by Gasteiger charge is 2.40. The molecule has 1 aliphatic heterocycles. The van der Waals surface area contributed by atoms with E-state index in [4.69, 9.17) is 0 Å². The maximum atomic E-state index is 13.6. The summed E-state index contributed by atoms with van der Waals surface area (Å²) in [5, 5.41) is 3.00. The number of hydrogen-bond acceptors (Lipinski definition) is 2. The summed E-state index contributed by atoms with van der Waals surface area (Å²) in [6.07, 6.45) is 4.36. The number of para-hydroxylation sites is 1. The highest BCUT2D eigenvalue weighted by Crippen LogP contribution is 2.24. The topological polar surface area (TPSA) is 46.3 Å². The molecule has 1 aromatic rings. The number of anilines is 1. The molecule has 1 aromatic carbocycles. The Kier molecular flexibility index (Phi) is 3.19. The first kappa shape index (κ1) is 12.1. The van der Waals surface area contributed by atoms with Gasteiger partial charge in [-0.15, -0.1) is 0 Å². The lowest BCUT2D eigenvalue weighted by molar-refractivity contribution is -0.438. The first-order valence-electron chi connectivity index (χ1n) is 6.70. The largest absolute Gasteiger partial charge is 0.358 e. The number of carbonyl (C=O) groups is 1. The molecule has 0 radical (unpaired) electrons. The number of guanidine groups is 1. The minimum absolute atomic E-state index is 0.0609. The van der Waals surface area contributed by atoms with Gasteiger partial charge in [0.05, 0.1) is 6.04 Å². The molecule has 2 N–H and O–H groups in total. The van der Waals surface area contributed by atoms with Crippen molar-refractivity contribution < 1.29 is 14.2 Å². The molecule has 0 atom stereocenters. The Hall–Kier alpha value is -1.91. The summed E-state index contributed by atoms with van der Waals surface area (Å²) in [6.45, 7) is 0.285. The molecule has 0 bridgehead atoms. The van der Waals surface area contributed by atoms with Gasteiger partial charge in [0.25, 0.3) is 0 Å². The molecule has 1 heterocycles. The molecule has 0 unspecified atom stereocenters. The predicted octanol–water partition coefficient (Wildman–Crippen LogP) is 0.459. The Labute approximate surface area is 111 Å². The highest BCUT2D eigenvalue weighted by molar-refractivity contribution is 6.04. The van der Waals surface area contributed by atoms with Crippen LogP contribution in [-0.4, -0.2) is 29.4 Å². The van der Waals surface area contributed by atoms with Gasteiger partial charge in [0.15, 0.2) is 12.4 Å². The summed E-state index contributed by atoms with van der Waals surface area (Å²) >= 11 is 0. The maximum Gasteiger partial charge on any atom is 0.358 e. The smallest absolute Gasteiger partial charge is 0.266 e. The predicted molar refractivity (Wildman–Crippen MR) is 70.0 cm³/mol. The Balaban J connectivity index is 1.79. The van der Waals surface area contributed by atoms with Crippen molar-refractivity contribution in [3.63, 3.8) is 0 Å². The van der Waals surface area contributed by atoms with E-state index in [2.05, 4.69) is 10.3 Å². The van der Waals surface area contributed by atoms with Crippen LogP contribution in [0.4, 0.5) is 10.1 Å². The second-order valence-electron chi connectivity index (χ2n) is 5.01. The Bertz CT molecular complexity index is 523. The number of carbonyl (C=O) groups excluding carboxylic acids is 1. The third kappa shape index (κ3) is 2.32. The van der Waals surface area contributed by atoms with Crippen LogP contribution in [0.25, 0.3) is 0 Å². The Morgan fingerprint density at radius 2 is 2.00 bits per heavy atom. The van der Waals surface area contributed by atoms with E-state index in [9.17, 15) is 9.18 Å². The first-order chi connectivity index (χ1) is 9.25. The van der Waals surface area contributed by atoms with E-state index in [1.807, 2.05) is 0 Å². The number of benzene rings is 1. The first-order valence-corrected chi connectivity index (χ1v) is 6.70. The third-order valence-electron chi connectivity index (χ3n) is 3.73. The van der Waals surface area contributed by atoms with E-state index < -0.39 is 0 Å². The molecule has 100 valence electrons. The van der Waals surface area contributed by atoms with Gasteiger partial charge in [-0.05, 0) is 37.8 Å². The summed E-state index contributed by atoms with van der Waals surface area (Å²) in [5.41, 5.74) is 0.391. The minimum Gasteiger partial charge on any atom is -0.266 e. The molecule has 19 heavy (non-hydrogen) atoms. The van der Waals surface area contributed by atoms with Crippen molar-refractivity contribution >= 4 is 17.6 Å².